The number of benzene rings is 2. The molecule has 0 aliphatic rings. The molecule has 3 nitrogen and oxygen atoms in total. The van der Waals surface area contributed by atoms with Crippen molar-refractivity contribution < 1.29 is 9.47 Å². The van der Waals surface area contributed by atoms with Crippen LogP contribution < -0.4 is 9.47 Å². The Kier molecular flexibility index (Phi) is 2.72. The maximum atomic E-state index is 5.35. The van der Waals surface area contributed by atoms with Crippen molar-refractivity contribution in [3.8, 4) is 11.5 Å². The molecule has 2 aromatic heterocycles. The second-order valence-corrected chi connectivity index (χ2v) is 5.93. The lowest BCUT2D eigenvalue weighted by Crippen LogP contribution is -1.84. The van der Waals surface area contributed by atoms with Gasteiger partial charge < -0.3 is 9.47 Å². The van der Waals surface area contributed by atoms with Gasteiger partial charge in [0.15, 0.2) is 0 Å². The summed E-state index contributed by atoms with van der Waals surface area (Å²) in [6, 6.07) is 12.2. The van der Waals surface area contributed by atoms with Gasteiger partial charge in [0.1, 0.15) is 11.5 Å². The molecule has 0 saturated heterocycles. The molecule has 0 fully saturated rings. The number of hydrogen-bond donors (Lipinski definition) is 0. The Labute approximate surface area is 125 Å². The summed E-state index contributed by atoms with van der Waals surface area (Å²) in [5.74, 6) is 1.73. The second-order valence-electron chi connectivity index (χ2n) is 4.84. The zero-order chi connectivity index (χ0) is 14.4. The quantitative estimate of drug-likeness (QED) is 0.540. The summed E-state index contributed by atoms with van der Waals surface area (Å²) >= 11 is 1.74. The molecule has 4 rings (SSSR count). The minimum Gasteiger partial charge on any atom is -0.497 e. The Morgan fingerprint density at radius 3 is 2.43 bits per heavy atom. The van der Waals surface area contributed by atoms with Crippen LogP contribution in [0.3, 0.4) is 0 Å². The topological polar surface area (TPSA) is 31.4 Å². The molecule has 0 bridgehead atoms. The number of rotatable bonds is 2. The predicted octanol–water partition coefficient (Wildman–Crippen LogP) is 4.62. The van der Waals surface area contributed by atoms with Gasteiger partial charge in [0.2, 0.25) is 0 Å². The molecule has 21 heavy (non-hydrogen) atoms. The number of fused-ring (bicyclic) bond motifs is 5. The van der Waals surface area contributed by atoms with E-state index >= 15 is 0 Å². The Bertz CT molecular complexity index is 975. The standard InChI is InChI=1S/C17H13NO2S/c1-19-10-4-6-14-13(7-10)17-12-5-3-11(20-2)8-15(12)21-16(17)9-18-14/h3-9H,1-2H3. The molecule has 0 unspecified atom stereocenters. The Morgan fingerprint density at radius 1 is 0.857 bits per heavy atom. The van der Waals surface area contributed by atoms with Gasteiger partial charge in [-0.15, -0.1) is 11.3 Å². The van der Waals surface area contributed by atoms with Gasteiger partial charge in [-0.2, -0.15) is 0 Å². The van der Waals surface area contributed by atoms with E-state index in [0.717, 1.165) is 22.4 Å². The lowest BCUT2D eigenvalue weighted by atomic mass is 10.1. The van der Waals surface area contributed by atoms with Crippen molar-refractivity contribution in [1.29, 1.82) is 0 Å². The van der Waals surface area contributed by atoms with Crippen LogP contribution in [0.15, 0.2) is 42.6 Å². The molecular weight excluding hydrogens is 282 g/mol. The lowest BCUT2D eigenvalue weighted by molar-refractivity contribution is 0.415. The van der Waals surface area contributed by atoms with Crippen LogP contribution in [-0.2, 0) is 0 Å². The maximum Gasteiger partial charge on any atom is 0.120 e. The fourth-order valence-corrected chi connectivity index (χ4v) is 3.79. The number of nitrogens with zero attached hydrogens (tertiary/aromatic N) is 1. The van der Waals surface area contributed by atoms with E-state index in [0.29, 0.717) is 0 Å². The highest BCUT2D eigenvalue weighted by molar-refractivity contribution is 7.26. The number of methoxy groups -OCH3 is 2. The van der Waals surface area contributed by atoms with E-state index in [9.17, 15) is 0 Å². The molecule has 0 radical (unpaired) electrons. The van der Waals surface area contributed by atoms with E-state index in [1.807, 2.05) is 24.4 Å². The molecule has 0 amide bonds. The van der Waals surface area contributed by atoms with Crippen LogP contribution in [0.5, 0.6) is 11.5 Å². The molecule has 0 atom stereocenters. The van der Waals surface area contributed by atoms with Gasteiger partial charge in [0.05, 0.1) is 24.4 Å². The number of ether oxygens (including phenoxy) is 2. The van der Waals surface area contributed by atoms with Crippen LogP contribution >= 0.6 is 11.3 Å². The predicted molar refractivity (Wildman–Crippen MR) is 87.7 cm³/mol. The molecule has 4 aromatic rings. The molecule has 2 heterocycles. The van der Waals surface area contributed by atoms with Gasteiger partial charge >= 0.3 is 0 Å². The van der Waals surface area contributed by atoms with Crippen molar-refractivity contribution in [2.24, 2.45) is 0 Å². The molecule has 0 aliphatic carbocycles. The molecular formula is C17H13NO2S. The third-order valence-corrected chi connectivity index (χ3v) is 4.81. The summed E-state index contributed by atoms with van der Waals surface area (Å²) in [6.07, 6.45) is 1.95. The number of aromatic nitrogens is 1. The van der Waals surface area contributed by atoms with Crippen LogP contribution in [0, 0.1) is 0 Å². The monoisotopic (exact) mass is 295 g/mol. The second kappa shape index (κ2) is 4.60. The minimum absolute atomic E-state index is 0.852. The molecule has 4 heteroatoms. The molecule has 2 aromatic carbocycles. The van der Waals surface area contributed by atoms with Gasteiger partial charge in [-0.3, -0.25) is 4.98 Å². The van der Waals surface area contributed by atoms with Crippen molar-refractivity contribution in [1.82, 2.24) is 4.98 Å². The highest BCUT2D eigenvalue weighted by Gasteiger charge is 2.11. The first-order chi connectivity index (χ1) is 10.3. The minimum atomic E-state index is 0.852. The fraction of sp³-hybridized carbons (Fsp3) is 0.118. The van der Waals surface area contributed by atoms with Crippen molar-refractivity contribution in [2.45, 2.75) is 0 Å². The van der Waals surface area contributed by atoms with Crippen LogP contribution in [-0.4, -0.2) is 19.2 Å². The summed E-state index contributed by atoms with van der Waals surface area (Å²) < 4.78 is 13.1. The Hall–Kier alpha value is -2.33. The van der Waals surface area contributed by atoms with Gasteiger partial charge in [-0.25, -0.2) is 0 Å². The van der Waals surface area contributed by atoms with E-state index in [4.69, 9.17) is 9.47 Å². The Balaban J connectivity index is 2.17. The number of hydrogen-bond acceptors (Lipinski definition) is 4. The SMILES string of the molecule is COc1ccc2c(c1)sc1cnc3ccc(OC)cc3c12. The van der Waals surface area contributed by atoms with E-state index in [1.54, 1.807) is 25.6 Å². The number of thiophene rings is 1. The summed E-state index contributed by atoms with van der Waals surface area (Å²) in [5, 5.41) is 3.60. The molecule has 0 N–H and O–H groups in total. The van der Waals surface area contributed by atoms with Crippen molar-refractivity contribution >= 4 is 42.4 Å². The first-order valence-electron chi connectivity index (χ1n) is 6.63. The number of pyridine rings is 1. The molecule has 0 saturated carbocycles. The van der Waals surface area contributed by atoms with E-state index in [2.05, 4.69) is 23.2 Å². The zero-order valence-electron chi connectivity index (χ0n) is 11.7. The zero-order valence-corrected chi connectivity index (χ0v) is 12.5. The summed E-state index contributed by atoms with van der Waals surface area (Å²) in [4.78, 5) is 4.55. The van der Waals surface area contributed by atoms with Crippen molar-refractivity contribution in [3.05, 3.63) is 42.6 Å². The van der Waals surface area contributed by atoms with Gasteiger partial charge in [0, 0.05) is 27.1 Å². The average Bonchev–Trinajstić information content (AvgIpc) is 2.92. The van der Waals surface area contributed by atoms with Crippen molar-refractivity contribution in [2.75, 3.05) is 14.2 Å². The van der Waals surface area contributed by atoms with Crippen LogP contribution in [0.2, 0.25) is 0 Å². The largest absolute Gasteiger partial charge is 0.497 e. The first-order valence-corrected chi connectivity index (χ1v) is 7.45. The van der Waals surface area contributed by atoms with E-state index in [1.165, 1.54) is 20.2 Å². The first kappa shape index (κ1) is 12.4. The highest BCUT2D eigenvalue weighted by Crippen LogP contribution is 2.39. The van der Waals surface area contributed by atoms with Crippen LogP contribution in [0.1, 0.15) is 0 Å². The van der Waals surface area contributed by atoms with Crippen molar-refractivity contribution in [3.63, 3.8) is 0 Å². The average molecular weight is 295 g/mol. The third-order valence-electron chi connectivity index (χ3n) is 3.72. The normalized spacial score (nSPS) is 11.3. The van der Waals surface area contributed by atoms with Gasteiger partial charge in [-0.1, -0.05) is 0 Å². The highest BCUT2D eigenvalue weighted by atomic mass is 32.1. The molecule has 0 aliphatic heterocycles. The smallest absolute Gasteiger partial charge is 0.120 e. The summed E-state index contributed by atoms with van der Waals surface area (Å²) in [5.41, 5.74) is 0.985. The van der Waals surface area contributed by atoms with Gasteiger partial charge in [0.25, 0.3) is 0 Å². The lowest BCUT2D eigenvalue weighted by Gasteiger charge is -2.04. The summed E-state index contributed by atoms with van der Waals surface area (Å²) in [7, 11) is 3.38. The van der Waals surface area contributed by atoms with E-state index < -0.39 is 0 Å². The van der Waals surface area contributed by atoms with Crippen LogP contribution in [0.4, 0.5) is 0 Å². The fourth-order valence-electron chi connectivity index (χ4n) is 2.67. The molecule has 0 spiro atoms. The third kappa shape index (κ3) is 1.83. The van der Waals surface area contributed by atoms with E-state index in [-0.39, 0.29) is 0 Å². The maximum absolute atomic E-state index is 5.35. The Morgan fingerprint density at radius 2 is 1.62 bits per heavy atom. The van der Waals surface area contributed by atoms with Crippen LogP contribution in [0.25, 0.3) is 31.1 Å². The molecule has 104 valence electrons. The van der Waals surface area contributed by atoms with Gasteiger partial charge in [-0.05, 0) is 36.4 Å². The summed E-state index contributed by atoms with van der Waals surface area (Å²) in [6.45, 7) is 0.